The number of hydrogen-bond donors (Lipinski definition) is 3. The van der Waals surface area contributed by atoms with Gasteiger partial charge in [-0.15, -0.1) is 0 Å². The van der Waals surface area contributed by atoms with Crippen LogP contribution in [0.5, 0.6) is 0 Å². The zero-order valence-electron chi connectivity index (χ0n) is 18.0. The number of nitrogens with zero attached hydrogens (tertiary/aromatic N) is 3. The highest BCUT2D eigenvalue weighted by atomic mass is 35.5. The SMILES string of the molecule is CC(C)(Cn1c(=O)[nH]/c(=N\c2ccc3[nH]ccc3c2)n(Cc2ccc(Cl)cc2)c1=O)C(=O)O. The number of carbonyl (C=O) groups is 1. The first-order valence-electron chi connectivity index (χ1n) is 10.2. The number of nitrogens with one attached hydrogen (secondary N) is 2. The maximum absolute atomic E-state index is 13.4. The minimum Gasteiger partial charge on any atom is -0.481 e. The molecule has 0 spiro atoms. The minimum atomic E-state index is -1.33. The van der Waals surface area contributed by atoms with Crippen molar-refractivity contribution in [3.8, 4) is 0 Å². The molecule has 33 heavy (non-hydrogen) atoms. The number of rotatable bonds is 6. The fraction of sp³-hybridized carbons (Fsp3) is 0.217. The summed E-state index contributed by atoms with van der Waals surface area (Å²) in [5.41, 5.74) is -0.428. The van der Waals surface area contributed by atoms with E-state index in [4.69, 9.17) is 11.6 Å². The molecule has 0 aliphatic heterocycles. The molecule has 0 amide bonds. The predicted octanol–water partition coefficient (Wildman–Crippen LogP) is 2.86. The summed E-state index contributed by atoms with van der Waals surface area (Å²) in [5.74, 6) is -1.12. The number of aromatic amines is 2. The van der Waals surface area contributed by atoms with Crippen LogP contribution in [0.4, 0.5) is 5.69 Å². The lowest BCUT2D eigenvalue weighted by molar-refractivity contribution is -0.147. The van der Waals surface area contributed by atoms with Crippen LogP contribution in [0.1, 0.15) is 19.4 Å². The fourth-order valence-corrected chi connectivity index (χ4v) is 3.52. The summed E-state index contributed by atoms with van der Waals surface area (Å²) < 4.78 is 2.20. The summed E-state index contributed by atoms with van der Waals surface area (Å²) in [6.45, 7) is 2.71. The summed E-state index contributed by atoms with van der Waals surface area (Å²) in [7, 11) is 0. The molecule has 0 aliphatic rings. The summed E-state index contributed by atoms with van der Waals surface area (Å²) in [6, 6.07) is 14.3. The van der Waals surface area contributed by atoms with E-state index in [0.717, 1.165) is 21.0 Å². The number of halogens is 1. The van der Waals surface area contributed by atoms with Crippen LogP contribution >= 0.6 is 11.6 Å². The maximum Gasteiger partial charge on any atom is 0.335 e. The van der Waals surface area contributed by atoms with E-state index in [0.29, 0.717) is 10.7 Å². The highest BCUT2D eigenvalue weighted by molar-refractivity contribution is 6.30. The monoisotopic (exact) mass is 467 g/mol. The normalized spacial score (nSPS) is 12.4. The number of aromatic nitrogens is 4. The average molecular weight is 468 g/mol. The molecule has 4 rings (SSSR count). The lowest BCUT2D eigenvalue weighted by Gasteiger charge is -2.20. The van der Waals surface area contributed by atoms with Gasteiger partial charge in [0, 0.05) is 28.7 Å². The zero-order valence-corrected chi connectivity index (χ0v) is 18.8. The Morgan fingerprint density at radius 2 is 1.82 bits per heavy atom. The number of carboxylic acid groups (broad SMARTS) is 1. The van der Waals surface area contributed by atoms with Crippen LogP contribution in [0.3, 0.4) is 0 Å². The molecule has 9 nitrogen and oxygen atoms in total. The van der Waals surface area contributed by atoms with Crippen molar-refractivity contribution >= 4 is 34.2 Å². The molecule has 0 bridgehead atoms. The second kappa shape index (κ2) is 8.59. The van der Waals surface area contributed by atoms with Gasteiger partial charge in [-0.3, -0.25) is 14.3 Å². The first-order chi connectivity index (χ1) is 15.6. The number of carboxylic acids is 1. The Kier molecular flexibility index (Phi) is 5.82. The van der Waals surface area contributed by atoms with E-state index in [9.17, 15) is 19.5 Å². The lowest BCUT2D eigenvalue weighted by Crippen LogP contribution is -2.52. The number of aliphatic carboxylic acids is 1. The van der Waals surface area contributed by atoms with Gasteiger partial charge in [-0.25, -0.2) is 19.1 Å². The number of H-pyrrole nitrogens is 2. The molecule has 2 heterocycles. The third kappa shape index (κ3) is 4.68. The molecule has 2 aromatic heterocycles. The van der Waals surface area contributed by atoms with Crippen LogP contribution < -0.4 is 17.0 Å². The van der Waals surface area contributed by atoms with Crippen LogP contribution in [0.2, 0.25) is 5.02 Å². The Bertz CT molecular complexity index is 1520. The molecular weight excluding hydrogens is 446 g/mol. The van der Waals surface area contributed by atoms with Crippen molar-refractivity contribution in [3.05, 3.63) is 91.9 Å². The average Bonchev–Trinajstić information content (AvgIpc) is 3.23. The summed E-state index contributed by atoms with van der Waals surface area (Å²) in [6.07, 6.45) is 1.81. The third-order valence-corrected chi connectivity index (χ3v) is 5.59. The van der Waals surface area contributed by atoms with Crippen LogP contribution in [0.15, 0.2) is 69.3 Å². The van der Waals surface area contributed by atoms with Gasteiger partial charge in [0.2, 0.25) is 5.62 Å². The molecular formula is C23H22ClN5O4. The second-order valence-corrected chi connectivity index (χ2v) is 8.82. The summed E-state index contributed by atoms with van der Waals surface area (Å²) in [4.78, 5) is 48.0. The standard InChI is InChI=1S/C23H22ClN5O4/c1-23(2,19(30)31)13-29-21(32)27-20(26-17-7-8-18-15(11-17)9-10-25-18)28(22(29)33)12-14-3-5-16(24)6-4-14/h3-11,25H,12-13H2,1-2H3,(H,30,31)(H,26,27,32). The fourth-order valence-electron chi connectivity index (χ4n) is 3.39. The summed E-state index contributed by atoms with van der Waals surface area (Å²) in [5, 5.41) is 10.9. The Hall–Kier alpha value is -3.85. The highest BCUT2D eigenvalue weighted by Crippen LogP contribution is 2.19. The van der Waals surface area contributed by atoms with Crippen molar-refractivity contribution in [1.82, 2.24) is 19.1 Å². The van der Waals surface area contributed by atoms with Crippen LogP contribution in [-0.2, 0) is 17.9 Å². The van der Waals surface area contributed by atoms with Gasteiger partial charge in [-0.2, -0.15) is 0 Å². The summed E-state index contributed by atoms with van der Waals surface area (Å²) >= 11 is 5.97. The molecule has 10 heteroatoms. The van der Waals surface area contributed by atoms with Crippen LogP contribution in [0.25, 0.3) is 10.9 Å². The molecule has 0 saturated carbocycles. The molecule has 0 unspecified atom stereocenters. The minimum absolute atomic E-state index is 0.0548. The van der Waals surface area contributed by atoms with Gasteiger partial charge in [-0.1, -0.05) is 23.7 Å². The van der Waals surface area contributed by atoms with E-state index < -0.39 is 22.8 Å². The van der Waals surface area contributed by atoms with E-state index in [1.54, 1.807) is 30.3 Å². The van der Waals surface area contributed by atoms with E-state index in [-0.39, 0.29) is 18.7 Å². The predicted molar refractivity (Wildman–Crippen MR) is 125 cm³/mol. The van der Waals surface area contributed by atoms with Gasteiger partial charge in [0.05, 0.1) is 17.6 Å². The first-order valence-corrected chi connectivity index (χ1v) is 10.6. The van der Waals surface area contributed by atoms with E-state index in [2.05, 4.69) is 15.0 Å². The number of benzene rings is 2. The van der Waals surface area contributed by atoms with Crippen molar-refractivity contribution < 1.29 is 9.90 Å². The van der Waals surface area contributed by atoms with E-state index in [1.807, 2.05) is 24.4 Å². The van der Waals surface area contributed by atoms with Gasteiger partial charge in [0.1, 0.15) is 0 Å². The van der Waals surface area contributed by atoms with E-state index in [1.165, 1.54) is 18.4 Å². The maximum atomic E-state index is 13.4. The Morgan fingerprint density at radius 1 is 1.09 bits per heavy atom. The van der Waals surface area contributed by atoms with Crippen LogP contribution in [-0.4, -0.2) is 30.2 Å². The van der Waals surface area contributed by atoms with Crippen LogP contribution in [0, 0.1) is 5.41 Å². The molecule has 0 aliphatic carbocycles. The number of hydrogen-bond acceptors (Lipinski definition) is 4. The quantitative estimate of drug-likeness (QED) is 0.403. The van der Waals surface area contributed by atoms with Crippen molar-refractivity contribution in [2.24, 2.45) is 10.4 Å². The molecule has 4 aromatic rings. The van der Waals surface area contributed by atoms with Crippen molar-refractivity contribution in [2.45, 2.75) is 26.9 Å². The highest BCUT2D eigenvalue weighted by Gasteiger charge is 2.29. The molecule has 3 N–H and O–H groups in total. The first kappa shape index (κ1) is 22.3. The second-order valence-electron chi connectivity index (χ2n) is 8.39. The van der Waals surface area contributed by atoms with E-state index >= 15 is 0 Å². The molecule has 0 radical (unpaired) electrons. The lowest BCUT2D eigenvalue weighted by atomic mass is 9.94. The molecule has 170 valence electrons. The van der Waals surface area contributed by atoms with Gasteiger partial charge in [-0.05, 0) is 55.8 Å². The smallest absolute Gasteiger partial charge is 0.335 e. The van der Waals surface area contributed by atoms with Gasteiger partial charge >= 0.3 is 17.3 Å². The molecule has 2 aromatic carbocycles. The van der Waals surface area contributed by atoms with Gasteiger partial charge in [0.15, 0.2) is 0 Å². The van der Waals surface area contributed by atoms with Crippen molar-refractivity contribution in [1.29, 1.82) is 0 Å². The van der Waals surface area contributed by atoms with Crippen molar-refractivity contribution in [3.63, 3.8) is 0 Å². The van der Waals surface area contributed by atoms with Gasteiger partial charge < -0.3 is 10.1 Å². The molecule has 0 saturated heterocycles. The molecule has 0 fully saturated rings. The Labute approximate surface area is 192 Å². The molecule has 0 atom stereocenters. The van der Waals surface area contributed by atoms with Crippen molar-refractivity contribution in [2.75, 3.05) is 0 Å². The third-order valence-electron chi connectivity index (χ3n) is 5.34. The number of fused-ring (bicyclic) bond motifs is 1. The van der Waals surface area contributed by atoms with Gasteiger partial charge in [0.25, 0.3) is 0 Å². The Balaban J connectivity index is 1.90. The Morgan fingerprint density at radius 3 is 2.52 bits per heavy atom. The topological polar surface area (TPSA) is 125 Å². The zero-order chi connectivity index (χ0) is 23.8. The largest absolute Gasteiger partial charge is 0.481 e.